The second-order valence-corrected chi connectivity index (χ2v) is 4.65. The zero-order chi connectivity index (χ0) is 12.1. The van der Waals surface area contributed by atoms with E-state index in [0.29, 0.717) is 0 Å². The molecule has 0 aliphatic carbocycles. The van der Waals surface area contributed by atoms with Crippen molar-refractivity contribution in [3.05, 3.63) is 12.2 Å². The molecule has 0 saturated heterocycles. The van der Waals surface area contributed by atoms with Gasteiger partial charge in [0.05, 0.1) is 6.07 Å². The van der Waals surface area contributed by atoms with Crippen molar-refractivity contribution >= 4 is 0 Å². The number of hydrogen-bond donors (Lipinski definition) is 0. The van der Waals surface area contributed by atoms with Crippen LogP contribution in [0.1, 0.15) is 77.6 Å². The average molecular weight is 221 g/mol. The SMILES string of the molecule is C=C(C#N)CCCCCCCCCCCC. The maximum atomic E-state index is 8.53. The Morgan fingerprint density at radius 3 is 1.75 bits per heavy atom. The molecule has 0 rings (SSSR count). The summed E-state index contributed by atoms with van der Waals surface area (Å²) in [5.41, 5.74) is 0.736. The van der Waals surface area contributed by atoms with Crippen molar-refractivity contribution in [3.63, 3.8) is 0 Å². The number of nitrogens with zero attached hydrogens (tertiary/aromatic N) is 1. The maximum absolute atomic E-state index is 8.53. The Morgan fingerprint density at radius 1 is 0.875 bits per heavy atom. The van der Waals surface area contributed by atoms with Crippen LogP contribution in [0.2, 0.25) is 0 Å². The molecular formula is C15H27N. The Hall–Kier alpha value is -0.770. The Labute approximate surface area is 102 Å². The molecule has 0 aliphatic rings. The molecule has 0 N–H and O–H groups in total. The van der Waals surface area contributed by atoms with E-state index in [4.69, 9.17) is 5.26 Å². The fraction of sp³-hybridized carbons (Fsp3) is 0.800. The zero-order valence-corrected chi connectivity index (χ0v) is 10.9. The van der Waals surface area contributed by atoms with E-state index in [1.807, 2.05) is 0 Å². The largest absolute Gasteiger partial charge is 0.193 e. The fourth-order valence-electron chi connectivity index (χ4n) is 1.88. The third kappa shape index (κ3) is 11.3. The summed E-state index contributed by atoms with van der Waals surface area (Å²) in [4.78, 5) is 0. The summed E-state index contributed by atoms with van der Waals surface area (Å²) in [6.07, 6.45) is 14.4. The molecule has 1 heteroatoms. The van der Waals surface area contributed by atoms with Crippen LogP contribution in [0, 0.1) is 11.3 Å². The Kier molecular flexibility index (Phi) is 11.7. The molecule has 0 heterocycles. The first kappa shape index (κ1) is 15.2. The smallest absolute Gasteiger partial charge is 0.0940 e. The summed E-state index contributed by atoms with van der Waals surface area (Å²) in [6.45, 7) is 5.95. The number of rotatable bonds is 11. The van der Waals surface area contributed by atoms with E-state index in [2.05, 4.69) is 19.6 Å². The van der Waals surface area contributed by atoms with Crippen LogP contribution in [0.3, 0.4) is 0 Å². The van der Waals surface area contributed by atoms with Gasteiger partial charge in [-0.05, 0) is 12.8 Å². The molecule has 0 bridgehead atoms. The standard InChI is InChI=1S/C15H27N/c1-3-4-5-6-7-8-9-10-11-12-13-15(2)14-16/h2-13H2,1H3. The molecule has 0 aromatic heterocycles. The van der Waals surface area contributed by atoms with Crippen LogP contribution in [-0.2, 0) is 0 Å². The minimum absolute atomic E-state index is 0.736. The molecule has 0 saturated carbocycles. The minimum atomic E-state index is 0.736. The molecular weight excluding hydrogens is 194 g/mol. The number of hydrogen-bond acceptors (Lipinski definition) is 1. The molecule has 0 unspecified atom stereocenters. The van der Waals surface area contributed by atoms with Crippen LogP contribution in [0.5, 0.6) is 0 Å². The summed E-state index contributed by atoms with van der Waals surface area (Å²) in [5.74, 6) is 0. The lowest BCUT2D eigenvalue weighted by atomic mass is 10.0. The monoisotopic (exact) mass is 221 g/mol. The lowest BCUT2D eigenvalue weighted by Gasteiger charge is -2.01. The van der Waals surface area contributed by atoms with Crippen LogP contribution in [-0.4, -0.2) is 0 Å². The molecule has 0 aromatic rings. The highest BCUT2D eigenvalue weighted by molar-refractivity contribution is 5.14. The first-order valence-electron chi connectivity index (χ1n) is 6.89. The Balaban J connectivity index is 2.99. The minimum Gasteiger partial charge on any atom is -0.193 e. The Bertz CT molecular complexity index is 200. The fourth-order valence-corrected chi connectivity index (χ4v) is 1.88. The van der Waals surface area contributed by atoms with Crippen molar-refractivity contribution in [1.29, 1.82) is 5.26 Å². The molecule has 0 spiro atoms. The summed E-state index contributed by atoms with van der Waals surface area (Å²) >= 11 is 0. The van der Waals surface area contributed by atoms with E-state index >= 15 is 0 Å². The molecule has 0 atom stereocenters. The molecule has 0 radical (unpaired) electrons. The summed E-state index contributed by atoms with van der Waals surface area (Å²) in [6, 6.07) is 2.10. The van der Waals surface area contributed by atoms with Gasteiger partial charge in [-0.2, -0.15) is 5.26 Å². The lowest BCUT2D eigenvalue weighted by molar-refractivity contribution is 0.557. The highest BCUT2D eigenvalue weighted by atomic mass is 14.2. The van der Waals surface area contributed by atoms with Gasteiger partial charge in [-0.25, -0.2) is 0 Å². The van der Waals surface area contributed by atoms with Gasteiger partial charge in [0.2, 0.25) is 0 Å². The van der Waals surface area contributed by atoms with Gasteiger partial charge in [-0.3, -0.25) is 0 Å². The van der Waals surface area contributed by atoms with Crippen LogP contribution in [0.25, 0.3) is 0 Å². The van der Waals surface area contributed by atoms with E-state index in [-0.39, 0.29) is 0 Å². The van der Waals surface area contributed by atoms with Gasteiger partial charge in [0.15, 0.2) is 0 Å². The first-order valence-corrected chi connectivity index (χ1v) is 6.89. The third-order valence-corrected chi connectivity index (χ3v) is 2.99. The molecule has 0 aliphatic heterocycles. The van der Waals surface area contributed by atoms with Crippen molar-refractivity contribution in [3.8, 4) is 6.07 Å². The van der Waals surface area contributed by atoms with Gasteiger partial charge in [-0.15, -0.1) is 0 Å². The van der Waals surface area contributed by atoms with Crippen molar-refractivity contribution in [2.45, 2.75) is 77.6 Å². The summed E-state index contributed by atoms with van der Waals surface area (Å²) < 4.78 is 0. The number of allylic oxidation sites excluding steroid dienone is 1. The first-order chi connectivity index (χ1) is 7.81. The van der Waals surface area contributed by atoms with Gasteiger partial charge >= 0.3 is 0 Å². The van der Waals surface area contributed by atoms with Crippen molar-refractivity contribution in [2.75, 3.05) is 0 Å². The molecule has 0 aromatic carbocycles. The van der Waals surface area contributed by atoms with Crippen LogP contribution in [0.4, 0.5) is 0 Å². The van der Waals surface area contributed by atoms with Crippen LogP contribution in [0.15, 0.2) is 12.2 Å². The second kappa shape index (κ2) is 12.3. The van der Waals surface area contributed by atoms with Crippen molar-refractivity contribution < 1.29 is 0 Å². The maximum Gasteiger partial charge on any atom is 0.0940 e. The topological polar surface area (TPSA) is 23.8 Å². The van der Waals surface area contributed by atoms with Crippen LogP contribution < -0.4 is 0 Å². The van der Waals surface area contributed by atoms with E-state index in [1.165, 1.54) is 57.8 Å². The normalized spacial score (nSPS) is 10.0. The van der Waals surface area contributed by atoms with E-state index in [9.17, 15) is 0 Å². The van der Waals surface area contributed by atoms with E-state index < -0.39 is 0 Å². The van der Waals surface area contributed by atoms with Gasteiger partial charge < -0.3 is 0 Å². The predicted octanol–water partition coefficient (Wildman–Crippen LogP) is 5.38. The van der Waals surface area contributed by atoms with Crippen LogP contribution >= 0.6 is 0 Å². The molecule has 16 heavy (non-hydrogen) atoms. The van der Waals surface area contributed by atoms with E-state index in [0.717, 1.165) is 18.4 Å². The third-order valence-electron chi connectivity index (χ3n) is 2.99. The quantitative estimate of drug-likeness (QED) is 0.339. The lowest BCUT2D eigenvalue weighted by Crippen LogP contribution is -1.83. The second-order valence-electron chi connectivity index (χ2n) is 4.65. The van der Waals surface area contributed by atoms with Gasteiger partial charge in [0.25, 0.3) is 0 Å². The number of nitriles is 1. The van der Waals surface area contributed by atoms with Gasteiger partial charge in [0, 0.05) is 5.57 Å². The average Bonchev–Trinajstić information content (AvgIpc) is 2.31. The van der Waals surface area contributed by atoms with Crippen molar-refractivity contribution in [2.24, 2.45) is 0 Å². The molecule has 0 amide bonds. The predicted molar refractivity (Wildman–Crippen MR) is 71.2 cm³/mol. The van der Waals surface area contributed by atoms with Crippen molar-refractivity contribution in [1.82, 2.24) is 0 Å². The van der Waals surface area contributed by atoms with Gasteiger partial charge in [0.1, 0.15) is 0 Å². The summed E-state index contributed by atoms with van der Waals surface area (Å²) in [5, 5.41) is 8.53. The highest BCUT2D eigenvalue weighted by Gasteiger charge is 1.94. The number of unbranched alkanes of at least 4 members (excludes halogenated alkanes) is 9. The van der Waals surface area contributed by atoms with Gasteiger partial charge in [-0.1, -0.05) is 71.3 Å². The summed E-state index contributed by atoms with van der Waals surface area (Å²) in [7, 11) is 0. The Morgan fingerprint density at radius 2 is 1.31 bits per heavy atom. The zero-order valence-electron chi connectivity index (χ0n) is 10.9. The van der Waals surface area contributed by atoms with E-state index in [1.54, 1.807) is 0 Å². The highest BCUT2D eigenvalue weighted by Crippen LogP contribution is 2.12. The molecule has 1 nitrogen and oxygen atoms in total. The molecule has 92 valence electrons. The molecule has 0 fully saturated rings.